The van der Waals surface area contributed by atoms with Gasteiger partial charge in [-0.3, -0.25) is 9.10 Å². The smallest absolute Gasteiger partial charge is 0.240 e. The van der Waals surface area contributed by atoms with Crippen molar-refractivity contribution in [2.75, 3.05) is 37.9 Å². The Labute approximate surface area is 186 Å². The minimum absolute atomic E-state index is 0.159. The van der Waals surface area contributed by atoms with Crippen molar-refractivity contribution in [3.63, 3.8) is 0 Å². The SMILES string of the molecule is COc1ccc(CCCNC(=O)CN(c2cc(Cl)ccc2Cl)S(C)(=O)=O)cc1OC. The van der Waals surface area contributed by atoms with E-state index in [2.05, 4.69) is 5.32 Å². The van der Waals surface area contributed by atoms with Gasteiger partial charge in [-0.2, -0.15) is 0 Å². The van der Waals surface area contributed by atoms with Gasteiger partial charge >= 0.3 is 0 Å². The fourth-order valence-electron chi connectivity index (χ4n) is 2.80. The van der Waals surface area contributed by atoms with E-state index in [1.165, 1.54) is 12.1 Å². The number of hydrogen-bond donors (Lipinski definition) is 1. The van der Waals surface area contributed by atoms with E-state index in [-0.39, 0.29) is 10.7 Å². The number of aryl methyl sites for hydroxylation is 1. The van der Waals surface area contributed by atoms with E-state index >= 15 is 0 Å². The lowest BCUT2D eigenvalue weighted by Gasteiger charge is -2.23. The van der Waals surface area contributed by atoms with Crippen LogP contribution in [0.15, 0.2) is 36.4 Å². The van der Waals surface area contributed by atoms with Crippen molar-refractivity contribution >= 4 is 44.8 Å². The summed E-state index contributed by atoms with van der Waals surface area (Å²) in [5, 5.41) is 3.24. The number of rotatable bonds is 10. The van der Waals surface area contributed by atoms with Gasteiger partial charge in [0, 0.05) is 11.6 Å². The minimum Gasteiger partial charge on any atom is -0.493 e. The zero-order chi connectivity index (χ0) is 22.3. The second kappa shape index (κ2) is 10.7. The van der Waals surface area contributed by atoms with Gasteiger partial charge in [-0.1, -0.05) is 29.3 Å². The summed E-state index contributed by atoms with van der Waals surface area (Å²) in [6.07, 6.45) is 2.38. The van der Waals surface area contributed by atoms with Crippen LogP contribution in [0.2, 0.25) is 10.0 Å². The molecule has 2 rings (SSSR count). The lowest BCUT2D eigenvalue weighted by molar-refractivity contribution is -0.119. The molecule has 0 heterocycles. The van der Waals surface area contributed by atoms with Crippen LogP contribution in [0.3, 0.4) is 0 Å². The molecule has 0 atom stereocenters. The molecule has 0 unspecified atom stereocenters. The molecule has 1 N–H and O–H groups in total. The Hall–Kier alpha value is -2.16. The Morgan fingerprint density at radius 1 is 1.07 bits per heavy atom. The monoisotopic (exact) mass is 474 g/mol. The zero-order valence-corrected chi connectivity index (χ0v) is 19.3. The van der Waals surface area contributed by atoms with Crippen molar-refractivity contribution < 1.29 is 22.7 Å². The summed E-state index contributed by atoms with van der Waals surface area (Å²) in [5.74, 6) is 0.847. The average molecular weight is 475 g/mol. The van der Waals surface area contributed by atoms with Gasteiger partial charge in [-0.15, -0.1) is 0 Å². The molecule has 0 saturated carbocycles. The quantitative estimate of drug-likeness (QED) is 0.532. The molecule has 1 amide bonds. The van der Waals surface area contributed by atoms with E-state index in [0.717, 1.165) is 16.1 Å². The summed E-state index contributed by atoms with van der Waals surface area (Å²) in [5.41, 5.74) is 1.19. The molecule has 0 aromatic heterocycles. The van der Waals surface area contributed by atoms with Gasteiger partial charge in [-0.05, 0) is 48.7 Å². The molecule has 2 aromatic carbocycles. The van der Waals surface area contributed by atoms with Gasteiger partial charge in [0.1, 0.15) is 6.54 Å². The zero-order valence-electron chi connectivity index (χ0n) is 16.9. The van der Waals surface area contributed by atoms with E-state index in [1.54, 1.807) is 20.3 Å². The molecule has 0 aliphatic heterocycles. The highest BCUT2D eigenvalue weighted by Crippen LogP contribution is 2.30. The molecule has 0 fully saturated rings. The van der Waals surface area contributed by atoms with E-state index in [9.17, 15) is 13.2 Å². The number of sulfonamides is 1. The molecule has 10 heteroatoms. The number of anilines is 1. The summed E-state index contributed by atoms with van der Waals surface area (Å²) < 4.78 is 35.8. The van der Waals surface area contributed by atoms with Crippen LogP contribution in [0.25, 0.3) is 0 Å². The van der Waals surface area contributed by atoms with E-state index in [0.29, 0.717) is 35.9 Å². The highest BCUT2D eigenvalue weighted by molar-refractivity contribution is 7.92. The summed E-state index contributed by atoms with van der Waals surface area (Å²) in [6.45, 7) is -0.0106. The third-order valence-electron chi connectivity index (χ3n) is 4.28. The van der Waals surface area contributed by atoms with Gasteiger partial charge in [0.05, 0.1) is 31.2 Å². The molecule has 164 valence electrons. The molecule has 0 spiro atoms. The molecule has 0 aliphatic carbocycles. The number of carbonyl (C=O) groups excluding carboxylic acids is 1. The first-order valence-electron chi connectivity index (χ1n) is 9.06. The van der Waals surface area contributed by atoms with Gasteiger partial charge in [-0.25, -0.2) is 8.42 Å². The van der Waals surface area contributed by atoms with Gasteiger partial charge in [0.2, 0.25) is 15.9 Å². The maximum Gasteiger partial charge on any atom is 0.240 e. The average Bonchev–Trinajstić information content (AvgIpc) is 2.70. The molecule has 2 aromatic rings. The predicted molar refractivity (Wildman–Crippen MR) is 120 cm³/mol. The topological polar surface area (TPSA) is 84.9 Å². The standard InChI is InChI=1S/C20H24Cl2N2O5S/c1-28-18-9-6-14(11-19(18)29-2)5-4-10-23-20(25)13-24(30(3,26)27)17-12-15(21)7-8-16(17)22/h6-9,11-12H,4-5,10,13H2,1-3H3,(H,23,25). The van der Waals surface area contributed by atoms with Crippen LogP contribution in [-0.2, 0) is 21.2 Å². The van der Waals surface area contributed by atoms with Crippen LogP contribution < -0.4 is 19.1 Å². The Bertz CT molecular complexity index is 999. The van der Waals surface area contributed by atoms with Gasteiger partial charge in [0.25, 0.3) is 0 Å². The number of methoxy groups -OCH3 is 2. The lowest BCUT2D eigenvalue weighted by Crippen LogP contribution is -2.40. The van der Waals surface area contributed by atoms with E-state index in [4.69, 9.17) is 32.7 Å². The fourth-order valence-corrected chi connectivity index (χ4v) is 4.10. The number of amides is 1. The number of halogens is 2. The molecule has 0 saturated heterocycles. The van der Waals surface area contributed by atoms with Gasteiger partial charge in [0.15, 0.2) is 11.5 Å². The van der Waals surface area contributed by atoms with Crippen molar-refractivity contribution in [2.24, 2.45) is 0 Å². The van der Waals surface area contributed by atoms with Crippen molar-refractivity contribution in [1.29, 1.82) is 0 Å². The van der Waals surface area contributed by atoms with Crippen molar-refractivity contribution in [2.45, 2.75) is 12.8 Å². The van der Waals surface area contributed by atoms with Gasteiger partial charge < -0.3 is 14.8 Å². The third-order valence-corrected chi connectivity index (χ3v) is 5.96. The van der Waals surface area contributed by atoms with Crippen molar-refractivity contribution in [3.05, 3.63) is 52.0 Å². The Balaban J connectivity index is 1.94. The Morgan fingerprint density at radius 3 is 2.40 bits per heavy atom. The highest BCUT2D eigenvalue weighted by Gasteiger charge is 2.23. The maximum absolute atomic E-state index is 12.3. The number of benzene rings is 2. The summed E-state index contributed by atoms with van der Waals surface area (Å²) in [6, 6.07) is 10.1. The van der Waals surface area contributed by atoms with Crippen LogP contribution >= 0.6 is 23.2 Å². The molecule has 0 radical (unpaired) electrons. The fraction of sp³-hybridized carbons (Fsp3) is 0.350. The molecule has 7 nitrogen and oxygen atoms in total. The maximum atomic E-state index is 12.3. The predicted octanol–water partition coefficient (Wildman–Crippen LogP) is 3.53. The normalized spacial score (nSPS) is 11.1. The van der Waals surface area contributed by atoms with Crippen LogP contribution in [0.4, 0.5) is 5.69 Å². The van der Waals surface area contributed by atoms with Crippen molar-refractivity contribution in [3.8, 4) is 11.5 Å². The largest absolute Gasteiger partial charge is 0.493 e. The number of ether oxygens (including phenoxy) is 2. The molecule has 0 bridgehead atoms. The number of nitrogens with one attached hydrogen (secondary N) is 1. The van der Waals surface area contributed by atoms with Crippen LogP contribution in [-0.4, -0.2) is 47.9 Å². The summed E-state index contributed by atoms with van der Waals surface area (Å²) in [7, 11) is -0.593. The first kappa shape index (κ1) is 24.1. The van der Waals surface area contributed by atoms with Crippen LogP contribution in [0.1, 0.15) is 12.0 Å². The molecular weight excluding hydrogens is 451 g/mol. The second-order valence-electron chi connectivity index (χ2n) is 6.51. The molecule has 30 heavy (non-hydrogen) atoms. The summed E-state index contributed by atoms with van der Waals surface area (Å²) >= 11 is 12.1. The number of hydrogen-bond acceptors (Lipinski definition) is 5. The van der Waals surface area contributed by atoms with E-state index < -0.39 is 22.5 Å². The van der Waals surface area contributed by atoms with Crippen LogP contribution in [0, 0.1) is 0 Å². The molecule has 0 aliphatic rings. The van der Waals surface area contributed by atoms with E-state index in [1.807, 2.05) is 18.2 Å². The highest BCUT2D eigenvalue weighted by atomic mass is 35.5. The first-order valence-corrected chi connectivity index (χ1v) is 11.7. The Kier molecular flexibility index (Phi) is 8.64. The van der Waals surface area contributed by atoms with Crippen molar-refractivity contribution in [1.82, 2.24) is 5.32 Å². The lowest BCUT2D eigenvalue weighted by atomic mass is 10.1. The second-order valence-corrected chi connectivity index (χ2v) is 9.26. The number of carbonyl (C=O) groups is 1. The van der Waals surface area contributed by atoms with Crippen LogP contribution in [0.5, 0.6) is 11.5 Å². The number of nitrogens with zero attached hydrogens (tertiary/aromatic N) is 1. The Morgan fingerprint density at radius 2 is 1.77 bits per heavy atom. The third kappa shape index (κ3) is 6.68. The minimum atomic E-state index is -3.74. The summed E-state index contributed by atoms with van der Waals surface area (Å²) in [4.78, 5) is 12.3. The first-order chi connectivity index (χ1) is 14.2. The molecular formula is C20H24Cl2N2O5S.